The second kappa shape index (κ2) is 5.77. The molecular weight excluding hydrogens is 256 g/mol. The van der Waals surface area contributed by atoms with Crippen LogP contribution in [0.3, 0.4) is 0 Å². The molecule has 20 heavy (non-hydrogen) atoms. The van der Waals surface area contributed by atoms with E-state index in [4.69, 9.17) is 9.84 Å². The van der Waals surface area contributed by atoms with E-state index < -0.39 is 5.97 Å². The Bertz CT molecular complexity index is 600. The van der Waals surface area contributed by atoms with Gasteiger partial charge in [-0.05, 0) is 30.5 Å². The molecule has 2 aromatic rings. The lowest BCUT2D eigenvalue weighted by Gasteiger charge is -2.08. The number of carbonyl (C=O) groups is 1. The van der Waals surface area contributed by atoms with Crippen molar-refractivity contribution >= 4 is 5.97 Å². The zero-order chi connectivity index (χ0) is 14.7. The van der Waals surface area contributed by atoms with Crippen molar-refractivity contribution in [3.63, 3.8) is 0 Å². The van der Waals surface area contributed by atoms with Crippen molar-refractivity contribution in [3.05, 3.63) is 46.8 Å². The number of benzene rings is 1. The Kier molecular flexibility index (Phi) is 4.08. The molecule has 0 aliphatic carbocycles. The molecule has 0 aliphatic rings. The van der Waals surface area contributed by atoms with Crippen LogP contribution in [0.25, 0.3) is 0 Å². The summed E-state index contributed by atoms with van der Waals surface area (Å²) in [4.78, 5) is 11.1. The first-order valence-corrected chi connectivity index (χ1v) is 6.49. The Morgan fingerprint density at radius 3 is 2.55 bits per heavy atom. The van der Waals surface area contributed by atoms with E-state index in [1.807, 2.05) is 24.3 Å². The van der Waals surface area contributed by atoms with Crippen LogP contribution in [-0.2, 0) is 6.61 Å². The van der Waals surface area contributed by atoms with E-state index in [0.29, 0.717) is 23.1 Å². The van der Waals surface area contributed by atoms with Crippen LogP contribution in [0.2, 0.25) is 0 Å². The molecule has 0 radical (unpaired) electrons. The van der Waals surface area contributed by atoms with Gasteiger partial charge in [0.05, 0.1) is 0 Å². The van der Waals surface area contributed by atoms with Crippen molar-refractivity contribution in [1.29, 1.82) is 0 Å². The van der Waals surface area contributed by atoms with Crippen LogP contribution in [0.5, 0.6) is 5.75 Å². The first kappa shape index (κ1) is 14.1. The van der Waals surface area contributed by atoms with Crippen molar-refractivity contribution in [1.82, 2.24) is 10.2 Å². The summed E-state index contributed by atoms with van der Waals surface area (Å²) in [5.41, 5.74) is 2.36. The Balaban J connectivity index is 2.07. The lowest BCUT2D eigenvalue weighted by Crippen LogP contribution is -2.05. The number of aromatic amines is 1. The second-order valence-electron chi connectivity index (χ2n) is 4.99. The summed E-state index contributed by atoms with van der Waals surface area (Å²) >= 11 is 0. The van der Waals surface area contributed by atoms with E-state index in [-0.39, 0.29) is 12.2 Å². The molecule has 5 heteroatoms. The molecule has 5 nitrogen and oxygen atoms in total. The molecule has 0 amide bonds. The van der Waals surface area contributed by atoms with Gasteiger partial charge in [-0.25, -0.2) is 4.79 Å². The monoisotopic (exact) mass is 274 g/mol. The van der Waals surface area contributed by atoms with Gasteiger partial charge in [0.2, 0.25) is 0 Å². The maximum absolute atomic E-state index is 11.1. The first-order chi connectivity index (χ1) is 9.49. The number of ether oxygens (including phenoxy) is 1. The number of aryl methyl sites for hydroxylation is 1. The second-order valence-corrected chi connectivity index (χ2v) is 4.99. The van der Waals surface area contributed by atoms with E-state index in [1.54, 1.807) is 6.92 Å². The summed E-state index contributed by atoms with van der Waals surface area (Å²) in [6.45, 7) is 6.06. The van der Waals surface area contributed by atoms with Crippen LogP contribution in [0.15, 0.2) is 24.3 Å². The van der Waals surface area contributed by atoms with Gasteiger partial charge in [-0.3, -0.25) is 5.10 Å². The fraction of sp³-hybridized carbons (Fsp3) is 0.333. The smallest absolute Gasteiger partial charge is 0.339 e. The van der Waals surface area contributed by atoms with E-state index >= 15 is 0 Å². The van der Waals surface area contributed by atoms with Gasteiger partial charge in [0, 0.05) is 5.69 Å². The molecule has 0 saturated carbocycles. The highest BCUT2D eigenvalue weighted by atomic mass is 16.5. The molecule has 0 aliphatic heterocycles. The summed E-state index contributed by atoms with van der Waals surface area (Å²) in [6.07, 6.45) is 0. The van der Waals surface area contributed by atoms with Gasteiger partial charge in [-0.15, -0.1) is 0 Å². The van der Waals surface area contributed by atoms with Gasteiger partial charge in [0.1, 0.15) is 23.6 Å². The first-order valence-electron chi connectivity index (χ1n) is 6.49. The third kappa shape index (κ3) is 2.99. The average molecular weight is 274 g/mol. The zero-order valence-electron chi connectivity index (χ0n) is 11.8. The minimum atomic E-state index is -0.995. The number of nitrogens with one attached hydrogen (secondary N) is 1. The SMILES string of the molecule is Cc1[nH]nc(COc2ccc(C(C)C)cc2)c1C(=O)O. The van der Waals surface area contributed by atoms with Crippen molar-refractivity contribution in [2.75, 3.05) is 0 Å². The molecule has 2 rings (SSSR count). The minimum absolute atomic E-state index is 0.132. The third-order valence-corrected chi connectivity index (χ3v) is 3.16. The number of hydrogen-bond donors (Lipinski definition) is 2. The molecule has 1 aromatic heterocycles. The summed E-state index contributed by atoms with van der Waals surface area (Å²) in [6, 6.07) is 7.78. The predicted octanol–water partition coefficient (Wildman–Crippen LogP) is 3.12. The minimum Gasteiger partial charge on any atom is -0.487 e. The quantitative estimate of drug-likeness (QED) is 0.878. The summed E-state index contributed by atoms with van der Waals surface area (Å²) in [5, 5.41) is 15.7. The van der Waals surface area contributed by atoms with E-state index in [9.17, 15) is 4.79 Å². The van der Waals surface area contributed by atoms with Gasteiger partial charge >= 0.3 is 5.97 Å². The lowest BCUT2D eigenvalue weighted by molar-refractivity contribution is 0.0693. The largest absolute Gasteiger partial charge is 0.487 e. The molecule has 0 unspecified atom stereocenters. The fourth-order valence-electron chi connectivity index (χ4n) is 1.97. The van der Waals surface area contributed by atoms with E-state index in [2.05, 4.69) is 24.0 Å². The highest BCUT2D eigenvalue weighted by Crippen LogP contribution is 2.20. The Morgan fingerprint density at radius 2 is 2.00 bits per heavy atom. The van der Waals surface area contributed by atoms with Crippen LogP contribution < -0.4 is 4.74 Å². The summed E-state index contributed by atoms with van der Waals surface area (Å²) in [5.74, 6) is 0.174. The average Bonchev–Trinajstić information content (AvgIpc) is 2.78. The number of hydrogen-bond acceptors (Lipinski definition) is 3. The normalized spacial score (nSPS) is 10.8. The maximum atomic E-state index is 11.1. The fourth-order valence-corrected chi connectivity index (χ4v) is 1.97. The lowest BCUT2D eigenvalue weighted by atomic mass is 10.0. The van der Waals surface area contributed by atoms with Crippen LogP contribution in [0, 0.1) is 6.92 Å². The van der Waals surface area contributed by atoms with Gasteiger partial charge < -0.3 is 9.84 Å². The molecule has 1 aromatic carbocycles. The molecule has 2 N–H and O–H groups in total. The number of carboxylic acid groups (broad SMARTS) is 1. The molecule has 0 bridgehead atoms. The van der Waals surface area contributed by atoms with Crippen LogP contribution in [0.1, 0.15) is 47.1 Å². The van der Waals surface area contributed by atoms with Crippen molar-refractivity contribution < 1.29 is 14.6 Å². The van der Waals surface area contributed by atoms with Crippen molar-refractivity contribution in [2.45, 2.75) is 33.3 Å². The number of rotatable bonds is 5. The Morgan fingerprint density at radius 1 is 1.35 bits per heavy atom. The number of aromatic carboxylic acids is 1. The molecule has 0 fully saturated rings. The molecular formula is C15H18N2O3. The highest BCUT2D eigenvalue weighted by Gasteiger charge is 2.17. The summed E-state index contributed by atoms with van der Waals surface area (Å²) < 4.78 is 5.59. The standard InChI is InChI=1S/C15H18N2O3/c1-9(2)11-4-6-12(7-5-11)20-8-13-14(15(18)19)10(3)16-17-13/h4-7,9H,8H2,1-3H3,(H,16,17)(H,18,19). The zero-order valence-corrected chi connectivity index (χ0v) is 11.8. The predicted molar refractivity (Wildman–Crippen MR) is 75.1 cm³/mol. The Hall–Kier alpha value is -2.30. The van der Waals surface area contributed by atoms with E-state index in [1.165, 1.54) is 5.56 Å². The molecule has 0 atom stereocenters. The number of carboxylic acids is 1. The van der Waals surface area contributed by atoms with Crippen LogP contribution in [0.4, 0.5) is 0 Å². The van der Waals surface area contributed by atoms with Gasteiger partial charge in [-0.1, -0.05) is 26.0 Å². The summed E-state index contributed by atoms with van der Waals surface area (Å²) in [7, 11) is 0. The molecule has 0 saturated heterocycles. The van der Waals surface area contributed by atoms with Crippen molar-refractivity contribution in [2.24, 2.45) is 0 Å². The van der Waals surface area contributed by atoms with E-state index in [0.717, 1.165) is 0 Å². The van der Waals surface area contributed by atoms with Crippen LogP contribution >= 0.6 is 0 Å². The number of nitrogens with zero attached hydrogens (tertiary/aromatic N) is 1. The van der Waals surface area contributed by atoms with Gasteiger partial charge in [-0.2, -0.15) is 5.10 Å². The highest BCUT2D eigenvalue weighted by molar-refractivity contribution is 5.90. The molecule has 1 heterocycles. The number of H-pyrrole nitrogens is 1. The molecule has 106 valence electrons. The number of aromatic nitrogens is 2. The van der Waals surface area contributed by atoms with Crippen LogP contribution in [-0.4, -0.2) is 21.3 Å². The maximum Gasteiger partial charge on any atom is 0.339 e. The van der Waals surface area contributed by atoms with Gasteiger partial charge in [0.25, 0.3) is 0 Å². The van der Waals surface area contributed by atoms with Gasteiger partial charge in [0.15, 0.2) is 0 Å². The Labute approximate surface area is 117 Å². The third-order valence-electron chi connectivity index (χ3n) is 3.16. The van der Waals surface area contributed by atoms with Crippen molar-refractivity contribution in [3.8, 4) is 5.75 Å². The molecule has 0 spiro atoms. The topological polar surface area (TPSA) is 75.2 Å².